The van der Waals surface area contributed by atoms with Crippen LogP contribution in [-0.2, 0) is 9.53 Å². The summed E-state index contributed by atoms with van der Waals surface area (Å²) in [6, 6.07) is 3.89. The van der Waals surface area contributed by atoms with Gasteiger partial charge in [0, 0.05) is 0 Å². The van der Waals surface area contributed by atoms with Crippen molar-refractivity contribution < 1.29 is 27.5 Å². The highest BCUT2D eigenvalue weighted by atomic mass is 79.9. The highest BCUT2D eigenvalue weighted by Crippen LogP contribution is 2.28. The molecule has 0 bridgehead atoms. The Balaban J connectivity index is 3.05. The summed E-state index contributed by atoms with van der Waals surface area (Å²) in [7, 11) is 1.13. The molecule has 0 fully saturated rings. The van der Waals surface area contributed by atoms with Crippen LogP contribution < -0.4 is 5.32 Å². The number of esters is 1. The van der Waals surface area contributed by atoms with Gasteiger partial charge in [-0.1, -0.05) is 6.07 Å². The minimum Gasteiger partial charge on any atom is -0.465 e. The fourth-order valence-electron chi connectivity index (χ4n) is 1.09. The number of amides is 1. The largest absolute Gasteiger partial charge is 0.471 e. The Morgan fingerprint density at radius 3 is 2.44 bits per heavy atom. The molecule has 0 unspecified atom stereocenters. The molecule has 0 aliphatic rings. The Morgan fingerprint density at radius 1 is 1.33 bits per heavy atom. The molecule has 0 saturated carbocycles. The number of carbonyl (C=O) groups is 2. The molecule has 18 heavy (non-hydrogen) atoms. The summed E-state index contributed by atoms with van der Waals surface area (Å²) in [5.74, 6) is -2.85. The van der Waals surface area contributed by atoms with E-state index in [0.717, 1.165) is 7.11 Å². The predicted octanol–water partition coefficient (Wildman–Crippen LogP) is 2.74. The first kappa shape index (κ1) is 14.5. The first-order valence-corrected chi connectivity index (χ1v) is 5.31. The number of carbonyl (C=O) groups excluding carboxylic acids is 2. The van der Waals surface area contributed by atoms with Crippen LogP contribution in [0.2, 0.25) is 0 Å². The molecule has 0 aliphatic carbocycles. The predicted molar refractivity (Wildman–Crippen MR) is 60.2 cm³/mol. The molecule has 0 radical (unpaired) electrons. The number of benzene rings is 1. The highest BCUT2D eigenvalue weighted by molar-refractivity contribution is 9.10. The van der Waals surface area contributed by atoms with Crippen LogP contribution in [0, 0.1) is 0 Å². The Morgan fingerprint density at radius 2 is 1.94 bits per heavy atom. The molecule has 0 atom stereocenters. The number of hydrogen-bond donors (Lipinski definition) is 1. The van der Waals surface area contributed by atoms with Crippen LogP contribution in [0.15, 0.2) is 22.7 Å². The molecule has 1 rings (SSSR count). The minimum absolute atomic E-state index is 0.0116. The molecule has 1 aromatic rings. The highest BCUT2D eigenvalue weighted by Gasteiger charge is 2.39. The molecule has 8 heteroatoms. The van der Waals surface area contributed by atoms with Crippen LogP contribution in [0.25, 0.3) is 0 Å². The van der Waals surface area contributed by atoms with E-state index >= 15 is 0 Å². The summed E-state index contributed by atoms with van der Waals surface area (Å²) in [5, 5.41) is 1.65. The van der Waals surface area contributed by atoms with E-state index < -0.39 is 18.1 Å². The van der Waals surface area contributed by atoms with E-state index in [1.165, 1.54) is 18.2 Å². The summed E-state index contributed by atoms with van der Waals surface area (Å²) in [4.78, 5) is 22.0. The molecule has 0 spiro atoms. The second kappa shape index (κ2) is 5.38. The third-order valence-electron chi connectivity index (χ3n) is 1.91. The minimum atomic E-state index is -5.00. The molecule has 0 aromatic heterocycles. The van der Waals surface area contributed by atoms with Gasteiger partial charge in [0.25, 0.3) is 0 Å². The number of methoxy groups -OCH3 is 1. The summed E-state index contributed by atoms with van der Waals surface area (Å²) < 4.78 is 40.7. The topological polar surface area (TPSA) is 55.4 Å². The van der Waals surface area contributed by atoms with Crippen LogP contribution >= 0.6 is 15.9 Å². The standard InChI is InChI=1S/C10H7BrF3NO3/c1-18-8(16)5-3-2-4-6(7(5)11)15-9(17)10(12,13)14/h2-4H,1H3,(H,15,17). The zero-order valence-electron chi connectivity index (χ0n) is 8.97. The van der Waals surface area contributed by atoms with Gasteiger partial charge in [0.15, 0.2) is 0 Å². The van der Waals surface area contributed by atoms with Crippen LogP contribution in [0.4, 0.5) is 18.9 Å². The molecular formula is C10H7BrF3NO3. The smallest absolute Gasteiger partial charge is 0.465 e. The van der Waals surface area contributed by atoms with E-state index in [-0.39, 0.29) is 15.7 Å². The molecule has 0 saturated heterocycles. The lowest BCUT2D eigenvalue weighted by Gasteiger charge is -2.11. The number of nitrogens with one attached hydrogen (secondary N) is 1. The number of hydrogen-bond acceptors (Lipinski definition) is 3. The molecule has 4 nitrogen and oxygen atoms in total. The normalized spacial score (nSPS) is 10.9. The van der Waals surface area contributed by atoms with Gasteiger partial charge >= 0.3 is 18.1 Å². The Hall–Kier alpha value is -1.57. The lowest BCUT2D eigenvalue weighted by Crippen LogP contribution is -2.30. The van der Waals surface area contributed by atoms with Crippen molar-refractivity contribution in [3.05, 3.63) is 28.2 Å². The van der Waals surface area contributed by atoms with Crippen LogP contribution in [0.1, 0.15) is 10.4 Å². The van der Waals surface area contributed by atoms with E-state index in [0.29, 0.717) is 0 Å². The van der Waals surface area contributed by atoms with Crippen molar-refractivity contribution in [2.75, 3.05) is 12.4 Å². The maximum atomic E-state index is 12.1. The van der Waals surface area contributed by atoms with Gasteiger partial charge < -0.3 is 10.1 Å². The molecule has 0 aliphatic heterocycles. The van der Waals surface area contributed by atoms with E-state index in [9.17, 15) is 22.8 Å². The number of rotatable bonds is 2. The summed E-state index contributed by atoms with van der Waals surface area (Å²) in [5.41, 5.74) is -0.155. The number of ether oxygens (including phenoxy) is 1. The first-order chi connectivity index (χ1) is 8.27. The van der Waals surface area contributed by atoms with Crippen molar-refractivity contribution in [3.8, 4) is 0 Å². The summed E-state index contributed by atoms with van der Waals surface area (Å²) in [6.07, 6.45) is -5.00. The van der Waals surface area contributed by atoms with Gasteiger partial charge in [-0.05, 0) is 28.1 Å². The number of alkyl halides is 3. The Bertz CT molecular complexity index is 488. The quantitative estimate of drug-likeness (QED) is 0.851. The van der Waals surface area contributed by atoms with E-state index in [4.69, 9.17) is 0 Å². The van der Waals surface area contributed by atoms with Crippen molar-refractivity contribution in [2.45, 2.75) is 6.18 Å². The van der Waals surface area contributed by atoms with Gasteiger partial charge in [0.2, 0.25) is 0 Å². The van der Waals surface area contributed by atoms with Crippen molar-refractivity contribution in [1.29, 1.82) is 0 Å². The fourth-order valence-corrected chi connectivity index (χ4v) is 1.61. The van der Waals surface area contributed by atoms with E-state index in [1.54, 1.807) is 5.32 Å². The van der Waals surface area contributed by atoms with Crippen molar-refractivity contribution in [2.24, 2.45) is 0 Å². The lowest BCUT2D eigenvalue weighted by molar-refractivity contribution is -0.167. The SMILES string of the molecule is COC(=O)c1cccc(NC(=O)C(F)(F)F)c1Br. The zero-order valence-corrected chi connectivity index (χ0v) is 10.6. The second-order valence-electron chi connectivity index (χ2n) is 3.11. The van der Waals surface area contributed by atoms with E-state index in [2.05, 4.69) is 20.7 Å². The van der Waals surface area contributed by atoms with E-state index in [1.807, 2.05) is 0 Å². The Labute approximate surface area is 108 Å². The third kappa shape index (κ3) is 3.22. The first-order valence-electron chi connectivity index (χ1n) is 4.52. The van der Waals surface area contributed by atoms with Crippen LogP contribution in [0.3, 0.4) is 0 Å². The third-order valence-corrected chi connectivity index (χ3v) is 2.76. The van der Waals surface area contributed by atoms with Gasteiger partial charge in [-0.25, -0.2) is 4.79 Å². The van der Waals surface area contributed by atoms with Gasteiger partial charge in [-0.15, -0.1) is 0 Å². The summed E-state index contributed by atoms with van der Waals surface area (Å²) in [6.45, 7) is 0. The molecule has 1 aromatic carbocycles. The van der Waals surface area contributed by atoms with Crippen molar-refractivity contribution >= 4 is 33.5 Å². The molecular weight excluding hydrogens is 319 g/mol. The maximum Gasteiger partial charge on any atom is 0.471 e. The van der Waals surface area contributed by atoms with Gasteiger partial charge in [0.05, 0.1) is 22.8 Å². The molecule has 1 N–H and O–H groups in total. The van der Waals surface area contributed by atoms with Crippen LogP contribution in [-0.4, -0.2) is 25.2 Å². The fraction of sp³-hybridized carbons (Fsp3) is 0.200. The monoisotopic (exact) mass is 325 g/mol. The number of halogens is 4. The van der Waals surface area contributed by atoms with Gasteiger partial charge in [0.1, 0.15) is 0 Å². The van der Waals surface area contributed by atoms with Crippen molar-refractivity contribution in [1.82, 2.24) is 0 Å². The van der Waals surface area contributed by atoms with Crippen molar-refractivity contribution in [3.63, 3.8) is 0 Å². The van der Waals surface area contributed by atoms with Gasteiger partial charge in [-0.2, -0.15) is 13.2 Å². The molecule has 1 amide bonds. The Kier molecular flexibility index (Phi) is 4.33. The zero-order chi connectivity index (χ0) is 13.9. The number of anilines is 1. The van der Waals surface area contributed by atoms with Crippen LogP contribution in [0.5, 0.6) is 0 Å². The second-order valence-corrected chi connectivity index (χ2v) is 3.90. The maximum absolute atomic E-state index is 12.1. The summed E-state index contributed by atoms with van der Waals surface area (Å²) >= 11 is 2.94. The average molecular weight is 326 g/mol. The lowest BCUT2D eigenvalue weighted by atomic mass is 10.2. The molecule has 0 heterocycles. The average Bonchev–Trinajstić information content (AvgIpc) is 2.29. The van der Waals surface area contributed by atoms with Gasteiger partial charge in [-0.3, -0.25) is 4.79 Å². The molecule has 98 valence electrons.